The van der Waals surface area contributed by atoms with E-state index in [0.717, 1.165) is 24.1 Å². The Balaban J connectivity index is 1.95. The van der Waals surface area contributed by atoms with E-state index in [1.54, 1.807) is 42.3 Å². The molecule has 0 saturated carbocycles. The molecule has 0 fully saturated rings. The Kier molecular flexibility index (Phi) is 4.35. The third-order valence-electron chi connectivity index (χ3n) is 4.00. The Morgan fingerprint density at radius 2 is 1.96 bits per heavy atom. The highest BCUT2D eigenvalue weighted by molar-refractivity contribution is 6.31. The molecule has 2 aromatic carbocycles. The molecule has 0 aliphatic carbocycles. The SMILES string of the molecule is CNC(=O)c1ccc2c(c1)CCCN2C(=O)c1cccc(Cl)c1. The van der Waals surface area contributed by atoms with E-state index in [0.29, 0.717) is 22.7 Å². The first-order valence-electron chi connectivity index (χ1n) is 7.52. The van der Waals surface area contributed by atoms with Gasteiger partial charge in [-0.25, -0.2) is 0 Å². The van der Waals surface area contributed by atoms with Crippen molar-refractivity contribution in [1.82, 2.24) is 5.32 Å². The molecule has 0 bridgehead atoms. The highest BCUT2D eigenvalue weighted by Gasteiger charge is 2.24. The number of carbonyl (C=O) groups excluding carboxylic acids is 2. The van der Waals surface area contributed by atoms with Crippen molar-refractivity contribution >= 4 is 29.1 Å². The van der Waals surface area contributed by atoms with Gasteiger partial charge in [-0.05, 0) is 54.8 Å². The normalized spacial score (nSPS) is 13.4. The van der Waals surface area contributed by atoms with Gasteiger partial charge in [0.05, 0.1) is 0 Å². The monoisotopic (exact) mass is 328 g/mol. The van der Waals surface area contributed by atoms with Crippen LogP contribution in [0, 0.1) is 0 Å². The molecule has 2 aromatic rings. The van der Waals surface area contributed by atoms with Crippen LogP contribution in [0.15, 0.2) is 42.5 Å². The van der Waals surface area contributed by atoms with Gasteiger partial charge < -0.3 is 10.2 Å². The minimum atomic E-state index is -0.119. The van der Waals surface area contributed by atoms with Crippen LogP contribution in [0.4, 0.5) is 5.69 Å². The van der Waals surface area contributed by atoms with Gasteiger partial charge in [0.15, 0.2) is 0 Å². The van der Waals surface area contributed by atoms with Crippen LogP contribution in [0.5, 0.6) is 0 Å². The first-order valence-corrected chi connectivity index (χ1v) is 7.90. The molecule has 118 valence electrons. The van der Waals surface area contributed by atoms with Gasteiger partial charge >= 0.3 is 0 Å². The molecule has 2 amide bonds. The highest BCUT2D eigenvalue weighted by atomic mass is 35.5. The molecule has 0 aromatic heterocycles. The number of hydrogen-bond donors (Lipinski definition) is 1. The number of hydrogen-bond acceptors (Lipinski definition) is 2. The third kappa shape index (κ3) is 3.08. The predicted molar refractivity (Wildman–Crippen MR) is 91.3 cm³/mol. The van der Waals surface area contributed by atoms with Crippen LogP contribution < -0.4 is 10.2 Å². The van der Waals surface area contributed by atoms with Crippen LogP contribution >= 0.6 is 11.6 Å². The number of carbonyl (C=O) groups is 2. The fourth-order valence-corrected chi connectivity index (χ4v) is 3.06. The Hall–Kier alpha value is -2.33. The quantitative estimate of drug-likeness (QED) is 0.919. The summed E-state index contributed by atoms with van der Waals surface area (Å²) >= 11 is 5.98. The lowest BCUT2D eigenvalue weighted by Gasteiger charge is -2.30. The topological polar surface area (TPSA) is 49.4 Å². The van der Waals surface area contributed by atoms with E-state index in [2.05, 4.69) is 5.32 Å². The number of halogens is 1. The minimum absolute atomic E-state index is 0.0684. The summed E-state index contributed by atoms with van der Waals surface area (Å²) in [6.07, 6.45) is 1.73. The third-order valence-corrected chi connectivity index (χ3v) is 4.24. The molecule has 4 nitrogen and oxygen atoms in total. The van der Waals surface area contributed by atoms with E-state index in [1.807, 2.05) is 12.1 Å². The zero-order chi connectivity index (χ0) is 16.4. The first kappa shape index (κ1) is 15.6. The van der Waals surface area contributed by atoms with E-state index in [9.17, 15) is 9.59 Å². The first-order chi connectivity index (χ1) is 11.1. The maximum Gasteiger partial charge on any atom is 0.258 e. The van der Waals surface area contributed by atoms with Crippen molar-refractivity contribution in [2.45, 2.75) is 12.8 Å². The molecular formula is C18H17ClN2O2. The van der Waals surface area contributed by atoms with Gasteiger partial charge in [0.2, 0.25) is 0 Å². The maximum atomic E-state index is 12.8. The Bertz CT molecular complexity index is 773. The summed E-state index contributed by atoms with van der Waals surface area (Å²) in [5.41, 5.74) is 3.07. The molecule has 5 heteroatoms. The molecule has 23 heavy (non-hydrogen) atoms. The van der Waals surface area contributed by atoms with Crippen molar-refractivity contribution in [2.75, 3.05) is 18.5 Å². The zero-order valence-corrected chi connectivity index (χ0v) is 13.6. The van der Waals surface area contributed by atoms with Crippen molar-refractivity contribution < 1.29 is 9.59 Å². The van der Waals surface area contributed by atoms with Gasteiger partial charge in [-0.3, -0.25) is 9.59 Å². The Morgan fingerprint density at radius 3 is 2.70 bits per heavy atom. The summed E-state index contributed by atoms with van der Waals surface area (Å²) in [4.78, 5) is 26.3. The molecular weight excluding hydrogens is 312 g/mol. The van der Waals surface area contributed by atoms with Crippen LogP contribution in [0.3, 0.4) is 0 Å². The maximum absolute atomic E-state index is 12.8. The average molecular weight is 329 g/mol. The van der Waals surface area contributed by atoms with Gasteiger partial charge in [-0.2, -0.15) is 0 Å². The highest BCUT2D eigenvalue weighted by Crippen LogP contribution is 2.29. The largest absolute Gasteiger partial charge is 0.355 e. The zero-order valence-electron chi connectivity index (χ0n) is 12.8. The van der Waals surface area contributed by atoms with Gasteiger partial charge in [0.25, 0.3) is 11.8 Å². The lowest BCUT2D eigenvalue weighted by Crippen LogP contribution is -2.35. The second kappa shape index (κ2) is 6.42. The number of fused-ring (bicyclic) bond motifs is 1. The lowest BCUT2D eigenvalue weighted by atomic mass is 9.98. The lowest BCUT2D eigenvalue weighted by molar-refractivity contribution is 0.0961. The molecule has 1 aliphatic rings. The number of benzene rings is 2. The van der Waals surface area contributed by atoms with Gasteiger partial charge in [0, 0.05) is 35.4 Å². The van der Waals surface area contributed by atoms with E-state index in [1.165, 1.54) is 0 Å². The average Bonchev–Trinajstić information content (AvgIpc) is 2.59. The van der Waals surface area contributed by atoms with Crippen LogP contribution in [0.2, 0.25) is 5.02 Å². The van der Waals surface area contributed by atoms with Gasteiger partial charge in [-0.1, -0.05) is 17.7 Å². The van der Waals surface area contributed by atoms with E-state index in [-0.39, 0.29) is 11.8 Å². The molecule has 1 aliphatic heterocycles. The number of rotatable bonds is 2. The summed E-state index contributed by atoms with van der Waals surface area (Å²) in [6, 6.07) is 12.4. The molecule has 1 heterocycles. The minimum Gasteiger partial charge on any atom is -0.355 e. The molecule has 0 spiro atoms. The summed E-state index contributed by atoms with van der Waals surface area (Å²) in [5, 5.41) is 3.16. The Labute approximate surface area is 140 Å². The van der Waals surface area contributed by atoms with E-state index >= 15 is 0 Å². The molecule has 1 N–H and O–H groups in total. The number of amides is 2. The van der Waals surface area contributed by atoms with Crippen LogP contribution in [-0.4, -0.2) is 25.4 Å². The summed E-state index contributed by atoms with van der Waals surface area (Å²) in [5.74, 6) is -0.188. The fourth-order valence-electron chi connectivity index (χ4n) is 2.87. The van der Waals surface area contributed by atoms with Crippen molar-refractivity contribution in [3.63, 3.8) is 0 Å². The van der Waals surface area contributed by atoms with Crippen molar-refractivity contribution in [3.8, 4) is 0 Å². The standard InChI is InChI=1S/C18H17ClN2O2/c1-20-17(22)13-7-8-16-12(10-13)5-3-9-21(16)18(23)14-4-2-6-15(19)11-14/h2,4,6-8,10-11H,3,5,9H2,1H3,(H,20,22). The fraction of sp³-hybridized carbons (Fsp3) is 0.222. The number of anilines is 1. The van der Waals surface area contributed by atoms with Crippen LogP contribution in [-0.2, 0) is 6.42 Å². The summed E-state index contributed by atoms with van der Waals surface area (Å²) in [6.45, 7) is 0.664. The predicted octanol–water partition coefficient (Wildman–Crippen LogP) is 3.29. The summed E-state index contributed by atoms with van der Waals surface area (Å²) in [7, 11) is 1.61. The number of aryl methyl sites for hydroxylation is 1. The van der Waals surface area contributed by atoms with Gasteiger partial charge in [-0.15, -0.1) is 0 Å². The van der Waals surface area contributed by atoms with Gasteiger partial charge in [0.1, 0.15) is 0 Å². The molecule has 3 rings (SSSR count). The molecule has 0 saturated heterocycles. The Morgan fingerprint density at radius 1 is 1.13 bits per heavy atom. The van der Waals surface area contributed by atoms with Crippen LogP contribution in [0.25, 0.3) is 0 Å². The molecule has 0 radical (unpaired) electrons. The number of nitrogens with zero attached hydrogens (tertiary/aromatic N) is 1. The second-order valence-electron chi connectivity index (χ2n) is 5.49. The van der Waals surface area contributed by atoms with Crippen molar-refractivity contribution in [2.24, 2.45) is 0 Å². The number of nitrogens with one attached hydrogen (secondary N) is 1. The summed E-state index contributed by atoms with van der Waals surface area (Å²) < 4.78 is 0. The smallest absolute Gasteiger partial charge is 0.258 e. The van der Waals surface area contributed by atoms with Crippen molar-refractivity contribution in [1.29, 1.82) is 0 Å². The van der Waals surface area contributed by atoms with E-state index < -0.39 is 0 Å². The second-order valence-corrected chi connectivity index (χ2v) is 5.93. The molecule has 0 unspecified atom stereocenters. The van der Waals surface area contributed by atoms with Crippen molar-refractivity contribution in [3.05, 3.63) is 64.2 Å². The van der Waals surface area contributed by atoms with E-state index in [4.69, 9.17) is 11.6 Å². The van der Waals surface area contributed by atoms with Crippen LogP contribution in [0.1, 0.15) is 32.7 Å². The molecule has 0 atom stereocenters.